The number of unbranched alkanes of at least 4 members (excludes halogenated alkanes) is 3. The summed E-state index contributed by atoms with van der Waals surface area (Å²) < 4.78 is 27.1. The van der Waals surface area contributed by atoms with Gasteiger partial charge in [0, 0.05) is 41.9 Å². The summed E-state index contributed by atoms with van der Waals surface area (Å²) in [5.41, 5.74) is 3.72. The van der Waals surface area contributed by atoms with Crippen molar-refractivity contribution in [3.8, 4) is 11.1 Å². The molecule has 0 aliphatic carbocycles. The smallest absolute Gasteiger partial charge is 0.112 e. The van der Waals surface area contributed by atoms with Crippen LogP contribution < -0.4 is 0 Å². The van der Waals surface area contributed by atoms with Crippen LogP contribution in [-0.4, -0.2) is 44.7 Å². The summed E-state index contributed by atoms with van der Waals surface area (Å²) in [6, 6.07) is 17.5. The molecule has 2 unspecified atom stereocenters. The lowest BCUT2D eigenvalue weighted by atomic mass is 9.92. The lowest BCUT2D eigenvalue weighted by Crippen LogP contribution is -2.50. The number of hydrogen-bond acceptors (Lipinski definition) is 5. The molecule has 0 saturated carbocycles. The molecule has 4 atom stereocenters. The molecule has 0 N–H and O–H groups in total. The van der Waals surface area contributed by atoms with E-state index in [2.05, 4.69) is 74.7 Å². The minimum absolute atomic E-state index is 0.00688. The van der Waals surface area contributed by atoms with Crippen molar-refractivity contribution in [1.82, 2.24) is 0 Å². The van der Waals surface area contributed by atoms with E-state index in [1.165, 1.54) is 26.8 Å². The van der Waals surface area contributed by atoms with E-state index < -0.39 is 0 Å². The highest BCUT2D eigenvalue weighted by atomic mass is 32.1. The highest BCUT2D eigenvalue weighted by Gasteiger charge is 2.41. The van der Waals surface area contributed by atoms with Crippen LogP contribution >= 0.6 is 11.3 Å². The van der Waals surface area contributed by atoms with Gasteiger partial charge in [-0.15, -0.1) is 11.3 Å². The summed E-state index contributed by atoms with van der Waals surface area (Å²) in [5.74, 6) is 0. The Balaban J connectivity index is 1.57. The van der Waals surface area contributed by atoms with Crippen molar-refractivity contribution in [2.75, 3.05) is 26.4 Å². The van der Waals surface area contributed by atoms with Crippen molar-refractivity contribution in [3.63, 3.8) is 0 Å². The van der Waals surface area contributed by atoms with Gasteiger partial charge >= 0.3 is 0 Å². The average Bonchev–Trinajstić information content (AvgIpc) is 3.36. The maximum atomic E-state index is 6.77. The van der Waals surface area contributed by atoms with Crippen LogP contribution in [0.25, 0.3) is 21.2 Å². The summed E-state index contributed by atoms with van der Waals surface area (Å²) in [5, 5.41) is 3.58. The van der Waals surface area contributed by atoms with E-state index in [4.69, 9.17) is 18.9 Å². The third kappa shape index (κ3) is 7.64. The molecule has 1 aromatic heterocycles. The molecule has 2 aromatic carbocycles. The van der Waals surface area contributed by atoms with Crippen molar-refractivity contribution in [2.45, 2.75) is 90.1 Å². The van der Waals surface area contributed by atoms with Gasteiger partial charge < -0.3 is 18.9 Å². The van der Waals surface area contributed by atoms with E-state index in [1.54, 1.807) is 11.3 Å². The molecule has 3 aromatic rings. The third-order valence-corrected chi connectivity index (χ3v) is 8.09. The van der Waals surface area contributed by atoms with E-state index in [0.717, 1.165) is 64.8 Å². The molecular weight excluding hydrogens is 480 g/mol. The number of thiophene rings is 1. The molecule has 37 heavy (non-hydrogen) atoms. The fourth-order valence-electron chi connectivity index (χ4n) is 4.95. The highest BCUT2D eigenvalue weighted by molar-refractivity contribution is 7.17. The lowest BCUT2D eigenvalue weighted by Gasteiger charge is -2.42. The summed E-state index contributed by atoms with van der Waals surface area (Å²) >= 11 is 1.80. The molecule has 2 heterocycles. The van der Waals surface area contributed by atoms with Gasteiger partial charge in [0.25, 0.3) is 0 Å². The monoisotopic (exact) mass is 524 g/mol. The fourth-order valence-corrected chi connectivity index (χ4v) is 5.92. The van der Waals surface area contributed by atoms with Gasteiger partial charge in [-0.1, -0.05) is 76.4 Å². The first-order valence-corrected chi connectivity index (χ1v) is 15.2. The predicted molar refractivity (Wildman–Crippen MR) is 155 cm³/mol. The zero-order chi connectivity index (χ0) is 25.9. The topological polar surface area (TPSA) is 36.9 Å². The molecule has 0 bridgehead atoms. The van der Waals surface area contributed by atoms with E-state index in [-0.39, 0.29) is 24.4 Å². The number of rotatable bonds is 15. The molecular formula is C32H44O4S. The molecule has 1 aliphatic rings. The first-order chi connectivity index (χ1) is 18.2. The minimum Gasteiger partial charge on any atom is -0.379 e. The molecule has 1 aliphatic heterocycles. The highest BCUT2D eigenvalue weighted by Crippen LogP contribution is 2.39. The van der Waals surface area contributed by atoms with E-state index in [9.17, 15) is 0 Å². The van der Waals surface area contributed by atoms with Gasteiger partial charge in [-0.3, -0.25) is 0 Å². The fraction of sp³-hybridized carbons (Fsp3) is 0.562. The Hall–Kier alpha value is -1.76. The number of ether oxygens (including phenoxy) is 4. The normalized spacial score (nSPS) is 22.0. The molecule has 0 amide bonds. The summed E-state index contributed by atoms with van der Waals surface area (Å²) in [6.45, 7) is 9.37. The second-order valence-electron chi connectivity index (χ2n) is 10.1. The Labute approximate surface area is 227 Å². The van der Waals surface area contributed by atoms with Gasteiger partial charge in [-0.05, 0) is 47.9 Å². The van der Waals surface area contributed by atoms with Gasteiger partial charge in [0.1, 0.15) is 12.2 Å². The van der Waals surface area contributed by atoms with Gasteiger partial charge in [0.15, 0.2) is 0 Å². The minimum atomic E-state index is -0.148. The van der Waals surface area contributed by atoms with Crippen LogP contribution in [0, 0.1) is 0 Å². The van der Waals surface area contributed by atoms with E-state index >= 15 is 0 Å². The Morgan fingerprint density at radius 2 is 1.62 bits per heavy atom. The van der Waals surface area contributed by atoms with Gasteiger partial charge in [-0.2, -0.15) is 0 Å². The standard InChI is InChI=1S/C32H44O4S/c1-4-7-17-33-22-30-32(35-19-9-6-3)29(34-18-8-5-2)21-28(36-30)25-14-12-13-24(20-25)27-23-37-31-16-11-10-15-26(27)31/h10-16,20,23,28-30,32H,4-9,17-19,21-22H2,1-3H3/t28?,29?,30-,32+/m1/s1. The second kappa shape index (κ2) is 15.0. The zero-order valence-electron chi connectivity index (χ0n) is 22.8. The molecule has 0 spiro atoms. The molecule has 0 radical (unpaired) electrons. The van der Waals surface area contributed by atoms with Crippen LogP contribution in [0.15, 0.2) is 53.9 Å². The molecule has 4 nitrogen and oxygen atoms in total. The van der Waals surface area contributed by atoms with Gasteiger partial charge in [0.2, 0.25) is 0 Å². The average molecular weight is 525 g/mol. The molecule has 1 saturated heterocycles. The van der Waals surface area contributed by atoms with Gasteiger partial charge in [-0.25, -0.2) is 0 Å². The number of hydrogen-bond donors (Lipinski definition) is 0. The maximum absolute atomic E-state index is 6.77. The Bertz CT molecular complexity index is 1060. The quantitative estimate of drug-likeness (QED) is 0.187. The van der Waals surface area contributed by atoms with Crippen LogP contribution in [0.5, 0.6) is 0 Å². The van der Waals surface area contributed by atoms with Crippen LogP contribution in [0.4, 0.5) is 0 Å². The van der Waals surface area contributed by atoms with Crippen molar-refractivity contribution in [1.29, 1.82) is 0 Å². The molecule has 4 rings (SSSR count). The zero-order valence-corrected chi connectivity index (χ0v) is 23.6. The summed E-state index contributed by atoms with van der Waals surface area (Å²) in [6.07, 6.45) is 6.99. The Morgan fingerprint density at radius 3 is 2.43 bits per heavy atom. The van der Waals surface area contributed by atoms with Crippen molar-refractivity contribution >= 4 is 21.4 Å². The van der Waals surface area contributed by atoms with E-state index in [1.807, 2.05) is 0 Å². The first-order valence-electron chi connectivity index (χ1n) is 14.3. The molecule has 1 fully saturated rings. The van der Waals surface area contributed by atoms with Crippen LogP contribution in [0.3, 0.4) is 0 Å². The van der Waals surface area contributed by atoms with Crippen molar-refractivity contribution < 1.29 is 18.9 Å². The maximum Gasteiger partial charge on any atom is 0.112 e. The molecule has 202 valence electrons. The van der Waals surface area contributed by atoms with E-state index in [0.29, 0.717) is 6.61 Å². The predicted octanol–water partition coefficient (Wildman–Crippen LogP) is 8.59. The molecule has 5 heteroatoms. The summed E-state index contributed by atoms with van der Waals surface area (Å²) in [7, 11) is 0. The van der Waals surface area contributed by atoms with Crippen molar-refractivity contribution in [2.24, 2.45) is 0 Å². The van der Waals surface area contributed by atoms with Crippen LogP contribution in [0.2, 0.25) is 0 Å². The third-order valence-electron chi connectivity index (χ3n) is 7.13. The SMILES string of the molecule is CCCCOC[C@H]1OC(c2cccc(-c3csc4ccccc34)c2)CC(OCCCC)[C@@H]1OCCCC. The second-order valence-corrected chi connectivity index (χ2v) is 11.0. The lowest BCUT2D eigenvalue weighted by molar-refractivity contribution is -0.216. The van der Waals surface area contributed by atoms with Crippen LogP contribution in [0.1, 0.15) is 77.4 Å². The Morgan fingerprint density at radius 1 is 0.865 bits per heavy atom. The largest absolute Gasteiger partial charge is 0.379 e. The first kappa shape index (κ1) is 28.3. The van der Waals surface area contributed by atoms with Crippen LogP contribution in [-0.2, 0) is 18.9 Å². The van der Waals surface area contributed by atoms with Gasteiger partial charge in [0.05, 0.1) is 18.8 Å². The number of fused-ring (bicyclic) bond motifs is 1. The Kier molecular flexibility index (Phi) is 11.4. The summed E-state index contributed by atoms with van der Waals surface area (Å²) in [4.78, 5) is 0. The number of benzene rings is 2. The van der Waals surface area contributed by atoms with Crippen molar-refractivity contribution in [3.05, 3.63) is 59.5 Å².